The molecular formula is C38H47N5O8S. The van der Waals surface area contributed by atoms with Crippen molar-refractivity contribution in [3.05, 3.63) is 60.2 Å². The Kier molecular flexibility index (Phi) is 10.5. The fraction of sp³-hybridized carbons (Fsp3) is 0.553. The number of hydrogen-bond acceptors (Lipinski definition) is 9. The van der Waals surface area contributed by atoms with Crippen molar-refractivity contribution < 1.29 is 37.2 Å². The maximum Gasteiger partial charge on any atom is 0.408 e. The van der Waals surface area contributed by atoms with Gasteiger partial charge in [-0.3, -0.25) is 19.1 Å². The molecule has 5 atom stereocenters. The standard InChI is InChI=1S/C38H47N5O8S/c44-34-33-21-29(51-39-23-26-13-10-12-25-11-6-9-17-31(25)26)24-43(33)35(45)32(40-37(47)50-28-15-7-8-16-28)18-5-3-1-2-4-14-27-22-38(27,41-34)36(46)42-52(48,49)30-19-20-30/h4,6,9-14,17,23,27-30,32-33H,1-3,5,7-8,15-16,18-22,24H2,(H,40,47)(H,41,44)(H,42,46)/b14-4-,39-23+/t27?,29-,32+,33+,38-/m1/s1. The van der Waals surface area contributed by atoms with Gasteiger partial charge in [-0.15, -0.1) is 0 Å². The van der Waals surface area contributed by atoms with Gasteiger partial charge in [-0.25, -0.2) is 13.2 Å². The van der Waals surface area contributed by atoms with Crippen LogP contribution in [0.15, 0.2) is 59.8 Å². The number of carbonyl (C=O) groups excluding carboxylic acids is 4. The highest BCUT2D eigenvalue weighted by Gasteiger charge is 2.62. The summed E-state index contributed by atoms with van der Waals surface area (Å²) in [6.45, 7) is 0.0121. The second-order valence-electron chi connectivity index (χ2n) is 14.8. The number of allylic oxidation sites excluding steroid dienone is 1. The molecule has 0 bridgehead atoms. The molecule has 2 heterocycles. The number of alkyl carbamates (subject to hydrolysis) is 1. The lowest BCUT2D eigenvalue weighted by molar-refractivity contribution is -0.141. The third-order valence-corrected chi connectivity index (χ3v) is 12.8. The molecule has 0 radical (unpaired) electrons. The third kappa shape index (κ3) is 8.11. The summed E-state index contributed by atoms with van der Waals surface area (Å²) in [5, 5.41) is 11.3. The van der Waals surface area contributed by atoms with Crippen LogP contribution in [-0.4, -0.2) is 85.0 Å². The molecule has 3 N–H and O–H groups in total. The maximum absolute atomic E-state index is 14.4. The molecule has 0 aromatic heterocycles. The number of fused-ring (bicyclic) bond motifs is 3. The van der Waals surface area contributed by atoms with E-state index in [1.165, 1.54) is 4.90 Å². The van der Waals surface area contributed by atoms with Crippen molar-refractivity contribution in [3.63, 3.8) is 0 Å². The summed E-state index contributed by atoms with van der Waals surface area (Å²) in [7, 11) is -3.87. The Balaban J connectivity index is 1.13. The number of benzene rings is 2. The fourth-order valence-electron chi connectivity index (χ4n) is 7.71. The lowest BCUT2D eigenvalue weighted by Crippen LogP contribution is -2.58. The number of oxime groups is 1. The molecule has 4 amide bonds. The lowest BCUT2D eigenvalue weighted by Gasteiger charge is -2.30. The number of amides is 4. The normalized spacial score (nSPS) is 29.3. The minimum Gasteiger partial charge on any atom is -0.446 e. The summed E-state index contributed by atoms with van der Waals surface area (Å²) in [5.41, 5.74) is -0.634. The monoisotopic (exact) mass is 733 g/mol. The van der Waals surface area contributed by atoms with Crippen molar-refractivity contribution in [1.29, 1.82) is 0 Å². The van der Waals surface area contributed by atoms with Crippen LogP contribution in [0, 0.1) is 5.92 Å². The maximum atomic E-state index is 14.4. The molecule has 14 heteroatoms. The minimum atomic E-state index is -3.87. The van der Waals surface area contributed by atoms with Gasteiger partial charge in [0.05, 0.1) is 18.0 Å². The molecule has 278 valence electrons. The van der Waals surface area contributed by atoms with Crippen LogP contribution in [0.25, 0.3) is 10.8 Å². The molecule has 13 nitrogen and oxygen atoms in total. The van der Waals surface area contributed by atoms with Gasteiger partial charge in [-0.05, 0) is 75.0 Å². The van der Waals surface area contributed by atoms with Gasteiger partial charge in [-0.2, -0.15) is 0 Å². The summed E-state index contributed by atoms with van der Waals surface area (Å²) < 4.78 is 33.4. The zero-order valence-electron chi connectivity index (χ0n) is 29.2. The second kappa shape index (κ2) is 15.3. The molecule has 0 spiro atoms. The van der Waals surface area contributed by atoms with Gasteiger partial charge < -0.3 is 25.1 Å². The van der Waals surface area contributed by atoms with E-state index < -0.39 is 68.7 Å². The molecule has 4 fully saturated rings. The van der Waals surface area contributed by atoms with Crippen molar-refractivity contribution in [1.82, 2.24) is 20.3 Å². The van der Waals surface area contributed by atoms with Crippen molar-refractivity contribution in [3.8, 4) is 0 Å². The molecule has 1 saturated heterocycles. The highest BCUT2D eigenvalue weighted by molar-refractivity contribution is 7.91. The number of sulfonamides is 1. The molecule has 5 aliphatic rings. The number of carbonyl (C=O) groups is 4. The average molecular weight is 734 g/mol. The average Bonchev–Trinajstić information content (AvgIpc) is 4.00. The van der Waals surface area contributed by atoms with Gasteiger partial charge in [-0.1, -0.05) is 72.6 Å². The number of ether oxygens (including phenoxy) is 1. The molecular weight excluding hydrogens is 687 g/mol. The van der Waals surface area contributed by atoms with Crippen LogP contribution in [0.5, 0.6) is 0 Å². The van der Waals surface area contributed by atoms with Gasteiger partial charge in [0.15, 0.2) is 0 Å². The Morgan fingerprint density at radius 2 is 1.71 bits per heavy atom. The molecule has 2 aromatic rings. The Hall–Kier alpha value is -4.46. The highest BCUT2D eigenvalue weighted by Crippen LogP contribution is 2.46. The largest absolute Gasteiger partial charge is 0.446 e. The third-order valence-electron chi connectivity index (χ3n) is 10.9. The van der Waals surface area contributed by atoms with E-state index in [1.54, 1.807) is 6.21 Å². The van der Waals surface area contributed by atoms with Crippen LogP contribution in [0.4, 0.5) is 4.79 Å². The molecule has 1 unspecified atom stereocenters. The summed E-state index contributed by atoms with van der Waals surface area (Å²) in [4.78, 5) is 62.6. The zero-order chi connectivity index (χ0) is 36.3. The topological polar surface area (TPSA) is 173 Å². The van der Waals surface area contributed by atoms with Crippen molar-refractivity contribution in [2.75, 3.05) is 6.54 Å². The van der Waals surface area contributed by atoms with E-state index in [2.05, 4.69) is 20.5 Å². The van der Waals surface area contributed by atoms with Gasteiger partial charge in [0, 0.05) is 17.9 Å². The fourth-order valence-corrected chi connectivity index (χ4v) is 9.07. The molecule has 52 heavy (non-hydrogen) atoms. The summed E-state index contributed by atoms with van der Waals surface area (Å²) in [6, 6.07) is 11.7. The first-order chi connectivity index (χ1) is 25.1. The SMILES string of the molecule is O=C(N[C@H]1CCCCC/C=C\C2C[C@@]2(C(=O)NS(=O)(=O)C2CC2)NC(=O)[C@@H]2C[C@@H](O/N=C/c3cccc4ccccc34)CN2C1=O)OC1CCCC1. The zero-order valence-corrected chi connectivity index (χ0v) is 30.0. The molecule has 3 aliphatic carbocycles. The van der Waals surface area contributed by atoms with Crippen molar-refractivity contribution >= 4 is 50.8 Å². The van der Waals surface area contributed by atoms with Crippen LogP contribution < -0.4 is 15.4 Å². The van der Waals surface area contributed by atoms with Gasteiger partial charge in [0.1, 0.15) is 29.8 Å². The van der Waals surface area contributed by atoms with Crippen LogP contribution in [0.2, 0.25) is 0 Å². The van der Waals surface area contributed by atoms with E-state index in [0.29, 0.717) is 32.1 Å². The first-order valence-electron chi connectivity index (χ1n) is 18.6. The van der Waals surface area contributed by atoms with Crippen LogP contribution in [0.3, 0.4) is 0 Å². The number of nitrogens with one attached hydrogen (secondary N) is 3. The van der Waals surface area contributed by atoms with E-state index in [0.717, 1.165) is 54.9 Å². The van der Waals surface area contributed by atoms with E-state index in [-0.39, 0.29) is 25.5 Å². The molecule has 7 rings (SSSR count). The summed E-state index contributed by atoms with van der Waals surface area (Å²) in [6.07, 6.45) is 12.0. The summed E-state index contributed by atoms with van der Waals surface area (Å²) in [5.74, 6) is -2.24. The van der Waals surface area contributed by atoms with Crippen LogP contribution in [-0.2, 0) is 34.0 Å². The molecule has 2 aliphatic heterocycles. The Bertz CT molecular complexity index is 1850. The highest BCUT2D eigenvalue weighted by atomic mass is 32.2. The first kappa shape index (κ1) is 35.9. The van der Waals surface area contributed by atoms with E-state index >= 15 is 0 Å². The molecule has 2 aromatic carbocycles. The van der Waals surface area contributed by atoms with E-state index in [1.807, 2.05) is 54.6 Å². The number of hydrogen-bond donors (Lipinski definition) is 3. The van der Waals surface area contributed by atoms with Crippen LogP contribution >= 0.6 is 0 Å². The quantitative estimate of drug-likeness (QED) is 0.206. The smallest absolute Gasteiger partial charge is 0.408 e. The van der Waals surface area contributed by atoms with Gasteiger partial charge in [0.25, 0.3) is 5.91 Å². The van der Waals surface area contributed by atoms with Crippen molar-refractivity contribution in [2.45, 2.75) is 119 Å². The second-order valence-corrected chi connectivity index (χ2v) is 16.8. The van der Waals surface area contributed by atoms with Crippen molar-refractivity contribution in [2.24, 2.45) is 11.1 Å². The first-order valence-corrected chi connectivity index (χ1v) is 20.2. The van der Waals surface area contributed by atoms with Gasteiger partial charge >= 0.3 is 6.09 Å². The lowest BCUT2D eigenvalue weighted by atomic mass is 10.0. The number of rotatable bonds is 8. The van der Waals surface area contributed by atoms with E-state index in [9.17, 15) is 27.6 Å². The molecule has 3 saturated carbocycles. The predicted octanol–water partition coefficient (Wildman–Crippen LogP) is 4.20. The minimum absolute atomic E-state index is 0.0121. The number of nitrogens with zero attached hydrogens (tertiary/aromatic N) is 2. The predicted molar refractivity (Wildman–Crippen MR) is 193 cm³/mol. The Morgan fingerprint density at radius 3 is 2.52 bits per heavy atom. The summed E-state index contributed by atoms with van der Waals surface area (Å²) >= 11 is 0. The van der Waals surface area contributed by atoms with E-state index in [4.69, 9.17) is 9.57 Å². The Labute approximate surface area is 304 Å². The Morgan fingerprint density at radius 1 is 0.942 bits per heavy atom. The van der Waals surface area contributed by atoms with Crippen LogP contribution in [0.1, 0.15) is 89.0 Å². The van der Waals surface area contributed by atoms with Gasteiger partial charge in [0.2, 0.25) is 21.8 Å².